The average Bonchev–Trinajstić information content (AvgIpc) is 3.07. The largest absolute Gasteiger partial charge is 0.295 e. The van der Waals surface area contributed by atoms with Gasteiger partial charge in [0.25, 0.3) is 0 Å². The van der Waals surface area contributed by atoms with Gasteiger partial charge in [0.05, 0.1) is 0 Å². The fourth-order valence-corrected chi connectivity index (χ4v) is 6.44. The predicted octanol–water partition coefficient (Wildman–Crippen LogP) is 13.6. The molecule has 0 aromatic carbocycles. The number of unbranched alkanes of at least 4 members (excludes halogenated alkanes) is 17. The lowest BCUT2D eigenvalue weighted by atomic mass is 9.77. The van der Waals surface area contributed by atoms with Gasteiger partial charge in [-0.15, -0.1) is 0 Å². The molecule has 2 heterocycles. The van der Waals surface area contributed by atoms with E-state index in [1.165, 1.54) is 167 Å². The molecule has 4 N–H and O–H groups in total. The van der Waals surface area contributed by atoms with Crippen molar-refractivity contribution in [2.24, 2.45) is 22.5 Å². The summed E-state index contributed by atoms with van der Waals surface area (Å²) in [5.41, 5.74) is 0.550. The van der Waals surface area contributed by atoms with Crippen LogP contribution in [-0.2, 0) is 0 Å². The van der Waals surface area contributed by atoms with Gasteiger partial charge in [0.2, 0.25) is 0 Å². The van der Waals surface area contributed by atoms with E-state index in [0.29, 0.717) is 0 Å². The molecule has 0 saturated carbocycles. The van der Waals surface area contributed by atoms with Gasteiger partial charge in [0.1, 0.15) is 0 Å². The summed E-state index contributed by atoms with van der Waals surface area (Å²) >= 11 is 0. The van der Waals surface area contributed by atoms with Crippen LogP contribution < -0.4 is 11.7 Å². The summed E-state index contributed by atoms with van der Waals surface area (Å²) in [7, 11) is 0. The molecule has 0 spiro atoms. The van der Waals surface area contributed by atoms with Crippen LogP contribution >= 0.6 is 0 Å². The van der Waals surface area contributed by atoms with E-state index in [0.717, 1.165) is 0 Å². The van der Waals surface area contributed by atoms with Crippen LogP contribution in [0.1, 0.15) is 208 Å². The van der Waals surface area contributed by atoms with Crippen LogP contribution in [0, 0.1) is 10.8 Å². The molecule has 0 unspecified atom stereocenters. The fraction of sp³-hybridized carbons (Fsp3) is 0.810. The monoisotopic (exact) mass is 643 g/mol. The normalized spacial score (nSPS) is 15.8. The number of nitrogens with two attached hydrogens (primary N) is 2. The Morgan fingerprint density at radius 3 is 0.717 bits per heavy atom. The molecule has 0 aromatic rings. The van der Waals surface area contributed by atoms with Crippen molar-refractivity contribution in [2.45, 2.75) is 208 Å². The van der Waals surface area contributed by atoms with E-state index in [1.54, 1.807) is 10.0 Å². The standard InChI is InChI=1S/2C17H32N2.C8H18/c2*1-3-5-7-9-11-17(12-10-8-6-4-2)13-15-19(18)16-14-17;1-3-5-7-8-6-4-2/h2*13-16H,3-12,18H2,1-2H3;3-8H2,1-2H3. The van der Waals surface area contributed by atoms with Gasteiger partial charge in [0.15, 0.2) is 0 Å². The molecule has 0 fully saturated rings. The molecule has 0 aliphatic carbocycles. The van der Waals surface area contributed by atoms with Gasteiger partial charge in [-0.1, -0.05) is 207 Å². The fourth-order valence-electron chi connectivity index (χ4n) is 6.44. The van der Waals surface area contributed by atoms with Crippen molar-refractivity contribution in [2.75, 3.05) is 0 Å². The Balaban J connectivity index is 0.000000716. The van der Waals surface area contributed by atoms with Crippen molar-refractivity contribution >= 4 is 0 Å². The van der Waals surface area contributed by atoms with E-state index in [1.807, 2.05) is 24.8 Å². The summed E-state index contributed by atoms with van der Waals surface area (Å²) in [4.78, 5) is 0. The molecule has 270 valence electrons. The second-order valence-electron chi connectivity index (χ2n) is 14.3. The molecule has 0 amide bonds. The van der Waals surface area contributed by atoms with Crippen LogP contribution in [0.15, 0.2) is 49.1 Å². The Morgan fingerprint density at radius 2 is 0.522 bits per heavy atom. The number of hydrogen-bond donors (Lipinski definition) is 2. The summed E-state index contributed by atoms with van der Waals surface area (Å²) < 4.78 is 0. The number of nitrogens with zero attached hydrogens (tertiary/aromatic N) is 2. The van der Waals surface area contributed by atoms with Gasteiger partial charge < -0.3 is 0 Å². The van der Waals surface area contributed by atoms with Crippen LogP contribution in [0.5, 0.6) is 0 Å². The highest BCUT2D eigenvalue weighted by Crippen LogP contribution is 2.38. The molecule has 2 aliphatic heterocycles. The predicted molar refractivity (Wildman–Crippen MR) is 208 cm³/mol. The number of hydrogen-bond acceptors (Lipinski definition) is 4. The summed E-state index contributed by atoms with van der Waals surface area (Å²) in [6.07, 6.45) is 52.5. The Hall–Kier alpha value is -1.52. The molecule has 4 nitrogen and oxygen atoms in total. The Labute approximate surface area is 289 Å². The third-order valence-corrected chi connectivity index (χ3v) is 9.75. The van der Waals surface area contributed by atoms with E-state index >= 15 is 0 Å². The van der Waals surface area contributed by atoms with Gasteiger partial charge >= 0.3 is 0 Å². The maximum atomic E-state index is 5.77. The molecular weight excluding hydrogens is 560 g/mol. The summed E-state index contributed by atoms with van der Waals surface area (Å²) in [5, 5.41) is 3.33. The van der Waals surface area contributed by atoms with Crippen LogP contribution in [0.25, 0.3) is 0 Å². The lowest BCUT2D eigenvalue weighted by molar-refractivity contribution is 0.350. The topological polar surface area (TPSA) is 58.5 Å². The Morgan fingerprint density at radius 1 is 0.326 bits per heavy atom. The van der Waals surface area contributed by atoms with E-state index in [4.69, 9.17) is 11.7 Å². The van der Waals surface area contributed by atoms with Crippen molar-refractivity contribution in [3.8, 4) is 0 Å². The van der Waals surface area contributed by atoms with Crippen molar-refractivity contribution in [3.05, 3.63) is 49.1 Å². The molecule has 0 aromatic heterocycles. The van der Waals surface area contributed by atoms with Crippen molar-refractivity contribution in [1.82, 2.24) is 10.0 Å². The molecule has 2 rings (SSSR count). The molecule has 0 atom stereocenters. The number of hydrazine groups is 2. The molecular formula is C42H82N4. The third kappa shape index (κ3) is 23.7. The Bertz CT molecular complexity index is 648. The lowest BCUT2D eigenvalue weighted by Gasteiger charge is -2.31. The average molecular weight is 643 g/mol. The van der Waals surface area contributed by atoms with E-state index in [9.17, 15) is 0 Å². The zero-order chi connectivity index (χ0) is 34.2. The summed E-state index contributed by atoms with van der Waals surface area (Å²) in [6, 6.07) is 0. The third-order valence-electron chi connectivity index (χ3n) is 9.75. The van der Waals surface area contributed by atoms with Crippen LogP contribution in [0.4, 0.5) is 0 Å². The second-order valence-corrected chi connectivity index (χ2v) is 14.3. The van der Waals surface area contributed by atoms with Crippen molar-refractivity contribution in [3.63, 3.8) is 0 Å². The maximum absolute atomic E-state index is 5.77. The van der Waals surface area contributed by atoms with Crippen molar-refractivity contribution in [1.29, 1.82) is 0 Å². The Kier molecular flexibility index (Phi) is 29.8. The van der Waals surface area contributed by atoms with Gasteiger partial charge in [-0.3, -0.25) is 10.0 Å². The van der Waals surface area contributed by atoms with Gasteiger partial charge in [-0.25, -0.2) is 11.7 Å². The van der Waals surface area contributed by atoms with E-state index in [-0.39, 0.29) is 10.8 Å². The van der Waals surface area contributed by atoms with Gasteiger partial charge in [-0.2, -0.15) is 0 Å². The van der Waals surface area contributed by atoms with Gasteiger partial charge in [-0.05, 0) is 25.7 Å². The summed E-state index contributed by atoms with van der Waals surface area (Å²) in [5.74, 6) is 11.5. The minimum Gasteiger partial charge on any atom is -0.295 e. The van der Waals surface area contributed by atoms with Crippen molar-refractivity contribution < 1.29 is 0 Å². The molecule has 4 heteroatoms. The molecule has 0 radical (unpaired) electrons. The summed E-state index contributed by atoms with van der Waals surface area (Å²) in [6.45, 7) is 13.6. The van der Waals surface area contributed by atoms with Crippen LogP contribution in [0.3, 0.4) is 0 Å². The first-order valence-electron chi connectivity index (χ1n) is 20.2. The highest BCUT2D eigenvalue weighted by atomic mass is 15.4. The molecule has 0 saturated heterocycles. The minimum absolute atomic E-state index is 0.275. The first kappa shape index (κ1) is 44.5. The zero-order valence-electron chi connectivity index (χ0n) is 32.1. The first-order chi connectivity index (χ1) is 22.4. The van der Waals surface area contributed by atoms with Crippen LogP contribution in [-0.4, -0.2) is 10.0 Å². The number of rotatable bonds is 25. The first-order valence-corrected chi connectivity index (χ1v) is 20.2. The molecule has 0 bridgehead atoms. The van der Waals surface area contributed by atoms with Crippen LogP contribution in [0.2, 0.25) is 0 Å². The quantitative estimate of drug-likeness (QED) is 0.0768. The maximum Gasteiger partial charge on any atom is 0.0175 e. The zero-order valence-corrected chi connectivity index (χ0v) is 32.1. The lowest BCUT2D eigenvalue weighted by Crippen LogP contribution is -2.26. The highest BCUT2D eigenvalue weighted by Gasteiger charge is 2.26. The molecule has 2 aliphatic rings. The van der Waals surface area contributed by atoms with Gasteiger partial charge in [0, 0.05) is 35.6 Å². The van der Waals surface area contributed by atoms with E-state index < -0.39 is 0 Å². The smallest absolute Gasteiger partial charge is 0.0175 e. The second kappa shape index (κ2) is 30.8. The molecule has 46 heavy (non-hydrogen) atoms. The van der Waals surface area contributed by atoms with E-state index in [2.05, 4.69) is 65.8 Å². The number of allylic oxidation sites excluding steroid dienone is 4. The minimum atomic E-state index is 0.275. The highest BCUT2D eigenvalue weighted by molar-refractivity contribution is 5.16. The SMILES string of the molecule is CCCCCCC1(CCCCCC)C=CN(N)C=C1.CCCCCCC1(CCCCCC)C=CN(N)C=C1.CCCCCCCC.